The molecule has 0 radical (unpaired) electrons. The highest BCUT2D eigenvalue weighted by Crippen LogP contribution is 2.35. The van der Waals surface area contributed by atoms with Crippen molar-refractivity contribution in [3.05, 3.63) is 75.1 Å². The number of carbonyl (C=O) groups excluding carboxylic acids is 2. The second kappa shape index (κ2) is 11.5. The van der Waals surface area contributed by atoms with Gasteiger partial charge < -0.3 is 26.0 Å². The summed E-state index contributed by atoms with van der Waals surface area (Å²) in [7, 11) is 0. The van der Waals surface area contributed by atoms with Crippen LogP contribution >= 0.6 is 23.2 Å². The molecule has 1 saturated heterocycles. The smallest absolute Gasteiger partial charge is 0.276 e. The number of benzene rings is 2. The number of rotatable bonds is 6. The van der Waals surface area contributed by atoms with E-state index in [-0.39, 0.29) is 50.9 Å². The number of nitrogens with zero attached hydrogens (tertiary/aromatic N) is 3. The Morgan fingerprint density at radius 1 is 1.13 bits per heavy atom. The molecule has 0 aliphatic carbocycles. The Hall–Kier alpha value is -3.47. The summed E-state index contributed by atoms with van der Waals surface area (Å²) in [5.41, 5.74) is 7.04. The van der Waals surface area contributed by atoms with Gasteiger partial charge in [0.05, 0.1) is 5.02 Å². The van der Waals surface area contributed by atoms with Crippen LogP contribution in [0.25, 0.3) is 0 Å². The average Bonchev–Trinajstić information content (AvgIpc) is 2.87. The summed E-state index contributed by atoms with van der Waals surface area (Å²) in [4.78, 5) is 27.6. The molecule has 4 rings (SSSR count). The topological polar surface area (TPSA) is 122 Å². The summed E-state index contributed by atoms with van der Waals surface area (Å²) in [6.45, 7) is 6.93. The molecule has 0 unspecified atom stereocenters. The number of amides is 2. The Morgan fingerprint density at radius 3 is 2.45 bits per heavy atom. The fourth-order valence-corrected chi connectivity index (χ4v) is 5.00. The fraction of sp³-hybridized carbons (Fsp3) is 0.308. The lowest BCUT2D eigenvalue weighted by molar-refractivity contribution is 0.0673. The van der Waals surface area contributed by atoms with Crippen LogP contribution in [-0.4, -0.2) is 52.1 Å². The molecule has 2 amide bonds. The lowest BCUT2D eigenvalue weighted by Gasteiger charge is -2.36. The van der Waals surface area contributed by atoms with E-state index in [1.807, 2.05) is 18.7 Å². The zero-order valence-corrected chi connectivity index (χ0v) is 22.5. The largest absolute Gasteiger partial charge is 0.482 e. The monoisotopic (exact) mass is 560 g/mol. The van der Waals surface area contributed by atoms with Gasteiger partial charge >= 0.3 is 0 Å². The van der Waals surface area contributed by atoms with E-state index in [0.29, 0.717) is 24.3 Å². The Kier molecular flexibility index (Phi) is 8.35. The molecule has 0 saturated carbocycles. The summed E-state index contributed by atoms with van der Waals surface area (Å²) in [6.07, 6.45) is -0.806. The van der Waals surface area contributed by atoms with Gasteiger partial charge in [-0.05, 0) is 57.2 Å². The molecule has 1 aromatic heterocycles. The van der Waals surface area contributed by atoms with E-state index in [0.717, 1.165) is 6.07 Å². The zero-order chi connectivity index (χ0) is 27.6. The van der Waals surface area contributed by atoms with Gasteiger partial charge in [-0.1, -0.05) is 23.2 Å². The maximum absolute atomic E-state index is 13.9. The number of ether oxygens (including phenoxy) is 1. The number of piperazine rings is 1. The van der Waals surface area contributed by atoms with Crippen LogP contribution in [0.4, 0.5) is 15.9 Å². The maximum Gasteiger partial charge on any atom is 0.276 e. The van der Waals surface area contributed by atoms with E-state index in [4.69, 9.17) is 33.7 Å². The van der Waals surface area contributed by atoms with E-state index in [1.54, 1.807) is 31.2 Å². The van der Waals surface area contributed by atoms with Crippen molar-refractivity contribution in [3.63, 3.8) is 0 Å². The van der Waals surface area contributed by atoms with Crippen LogP contribution in [-0.2, 0) is 0 Å². The molecule has 200 valence electrons. The van der Waals surface area contributed by atoms with Crippen molar-refractivity contribution in [1.82, 2.24) is 20.4 Å². The number of nitrogens with two attached hydrogens (primary N) is 1. The lowest BCUT2D eigenvalue weighted by atomic mass is 10.1. The third-order valence-corrected chi connectivity index (χ3v) is 6.76. The van der Waals surface area contributed by atoms with Gasteiger partial charge in [-0.15, -0.1) is 10.2 Å². The summed E-state index contributed by atoms with van der Waals surface area (Å²) >= 11 is 12.3. The molecule has 3 atom stereocenters. The quantitative estimate of drug-likeness (QED) is 0.373. The van der Waals surface area contributed by atoms with Crippen molar-refractivity contribution in [2.24, 2.45) is 0 Å². The molecule has 1 aliphatic rings. The standard InChI is InChI=1S/C26H27Cl2FN6O3/c1-13-11-35(12-14(2)31-13)26(37)16-4-6-17(7-5-16)32-25(36)20-10-21(24(30)34-33-20)38-15(3)22-18(27)8-9-19(29)23(22)28/h4-10,13-15,31H,11-12H2,1-3H3,(H2,30,34)(H,32,36)/t13-,14+,15-/m1/s1. The van der Waals surface area contributed by atoms with E-state index in [1.165, 1.54) is 12.1 Å². The van der Waals surface area contributed by atoms with E-state index >= 15 is 0 Å². The molecule has 9 nitrogen and oxygen atoms in total. The SMILES string of the molecule is C[C@@H]1CN(C(=O)c2ccc(NC(=O)c3cc(O[C@H](C)c4c(Cl)ccc(F)c4Cl)c(N)nn3)cc2)C[C@H](C)N1. The summed E-state index contributed by atoms with van der Waals surface area (Å²) in [5.74, 6) is -1.30. The number of anilines is 2. The molecule has 1 fully saturated rings. The van der Waals surface area contributed by atoms with Crippen molar-refractivity contribution in [1.29, 1.82) is 0 Å². The molecular formula is C26H27Cl2FN6O3. The van der Waals surface area contributed by atoms with Crippen molar-refractivity contribution in [3.8, 4) is 5.75 Å². The molecule has 2 aromatic carbocycles. The molecule has 0 bridgehead atoms. The minimum Gasteiger partial charge on any atom is -0.482 e. The van der Waals surface area contributed by atoms with Gasteiger partial charge in [0.15, 0.2) is 17.3 Å². The minimum atomic E-state index is -0.806. The molecule has 3 aromatic rings. The number of hydrogen-bond acceptors (Lipinski definition) is 7. The Bertz CT molecular complexity index is 1350. The predicted molar refractivity (Wildman–Crippen MR) is 144 cm³/mol. The number of carbonyl (C=O) groups is 2. The van der Waals surface area contributed by atoms with Crippen LogP contribution in [0.5, 0.6) is 5.75 Å². The highest BCUT2D eigenvalue weighted by molar-refractivity contribution is 6.36. The van der Waals surface area contributed by atoms with Crippen molar-refractivity contribution >= 4 is 46.5 Å². The third-order valence-electron chi connectivity index (χ3n) is 6.04. The van der Waals surface area contributed by atoms with Gasteiger partial charge in [-0.3, -0.25) is 9.59 Å². The van der Waals surface area contributed by atoms with Gasteiger partial charge in [0, 0.05) is 53.1 Å². The average molecular weight is 561 g/mol. The first kappa shape index (κ1) is 27.6. The lowest BCUT2D eigenvalue weighted by Crippen LogP contribution is -2.55. The van der Waals surface area contributed by atoms with E-state index < -0.39 is 17.8 Å². The first-order valence-electron chi connectivity index (χ1n) is 11.9. The Balaban J connectivity index is 1.45. The predicted octanol–water partition coefficient (Wildman–Crippen LogP) is 4.72. The normalized spacial score (nSPS) is 18.1. The van der Waals surface area contributed by atoms with Crippen molar-refractivity contribution < 1.29 is 18.7 Å². The van der Waals surface area contributed by atoms with Crippen LogP contribution in [0.2, 0.25) is 10.0 Å². The second-order valence-corrected chi connectivity index (χ2v) is 9.99. The first-order valence-corrected chi connectivity index (χ1v) is 12.7. The van der Waals surface area contributed by atoms with Crippen molar-refractivity contribution in [2.75, 3.05) is 24.1 Å². The van der Waals surface area contributed by atoms with Gasteiger partial charge in [-0.2, -0.15) is 0 Å². The van der Waals surface area contributed by atoms with Crippen LogP contribution < -0.4 is 21.1 Å². The number of nitrogen functional groups attached to an aromatic ring is 1. The molecule has 1 aliphatic heterocycles. The minimum absolute atomic E-state index is 0.0504. The molecule has 12 heteroatoms. The number of aromatic nitrogens is 2. The number of hydrogen-bond donors (Lipinski definition) is 3. The van der Waals surface area contributed by atoms with Gasteiger partial charge in [0.2, 0.25) is 0 Å². The van der Waals surface area contributed by atoms with E-state index in [9.17, 15) is 14.0 Å². The van der Waals surface area contributed by atoms with Crippen molar-refractivity contribution in [2.45, 2.75) is 39.0 Å². The molecule has 2 heterocycles. The van der Waals surface area contributed by atoms with Crippen LogP contribution in [0, 0.1) is 5.82 Å². The maximum atomic E-state index is 13.9. The summed E-state index contributed by atoms with van der Waals surface area (Å²) < 4.78 is 19.8. The third kappa shape index (κ3) is 6.15. The second-order valence-electron chi connectivity index (χ2n) is 9.21. The van der Waals surface area contributed by atoms with E-state index in [2.05, 4.69) is 20.8 Å². The van der Waals surface area contributed by atoms with Gasteiger partial charge in [-0.25, -0.2) is 4.39 Å². The molecular weight excluding hydrogens is 534 g/mol. The van der Waals surface area contributed by atoms with Crippen LogP contribution in [0.15, 0.2) is 42.5 Å². The number of nitrogens with one attached hydrogen (secondary N) is 2. The molecule has 4 N–H and O–H groups in total. The Labute approximate surface area is 229 Å². The summed E-state index contributed by atoms with van der Waals surface area (Å²) in [6, 6.07) is 10.9. The molecule has 0 spiro atoms. The summed E-state index contributed by atoms with van der Waals surface area (Å²) in [5, 5.41) is 13.8. The van der Waals surface area contributed by atoms with Crippen LogP contribution in [0.1, 0.15) is 53.3 Å². The first-order chi connectivity index (χ1) is 18.0. The van der Waals surface area contributed by atoms with Gasteiger partial charge in [0.25, 0.3) is 11.8 Å². The highest BCUT2D eigenvalue weighted by Gasteiger charge is 2.26. The highest BCUT2D eigenvalue weighted by atomic mass is 35.5. The fourth-order valence-electron chi connectivity index (χ4n) is 4.32. The van der Waals surface area contributed by atoms with Crippen LogP contribution in [0.3, 0.4) is 0 Å². The Morgan fingerprint density at radius 2 is 1.79 bits per heavy atom. The number of halogens is 3. The van der Waals surface area contributed by atoms with Gasteiger partial charge in [0.1, 0.15) is 11.9 Å². The zero-order valence-electron chi connectivity index (χ0n) is 21.0. The molecule has 38 heavy (non-hydrogen) atoms.